The lowest BCUT2D eigenvalue weighted by molar-refractivity contribution is -0.115. The Morgan fingerprint density at radius 3 is 2.65 bits per heavy atom. The zero-order valence-corrected chi connectivity index (χ0v) is 13.4. The molecular weight excluding hydrogens is 310 g/mol. The molecule has 0 bridgehead atoms. The van der Waals surface area contributed by atoms with E-state index in [9.17, 15) is 9.90 Å². The fourth-order valence-electron chi connectivity index (χ4n) is 2.60. The standard InChI is InChI=1S/C19H16ClNO2/c1-12-8-9-14(20)10-13(12)11-19(23)21-17-6-2-5-16-15(17)4-3-7-18(16)22/h2-10,22H,11H2,1H3,(H,21,23). The zero-order valence-electron chi connectivity index (χ0n) is 12.6. The molecule has 3 aromatic rings. The molecule has 0 aliphatic heterocycles. The molecule has 3 nitrogen and oxygen atoms in total. The van der Waals surface area contributed by atoms with Crippen LogP contribution < -0.4 is 5.32 Å². The van der Waals surface area contributed by atoms with Gasteiger partial charge in [0, 0.05) is 21.5 Å². The van der Waals surface area contributed by atoms with Gasteiger partial charge >= 0.3 is 0 Å². The predicted molar refractivity (Wildman–Crippen MR) is 94.1 cm³/mol. The van der Waals surface area contributed by atoms with Gasteiger partial charge in [-0.05, 0) is 42.3 Å². The summed E-state index contributed by atoms with van der Waals surface area (Å²) in [6.45, 7) is 1.95. The van der Waals surface area contributed by atoms with Crippen LogP contribution in [0.25, 0.3) is 10.8 Å². The van der Waals surface area contributed by atoms with Crippen LogP contribution in [-0.2, 0) is 11.2 Å². The molecule has 0 atom stereocenters. The Labute approximate surface area is 139 Å². The molecule has 0 aliphatic carbocycles. The number of anilines is 1. The Kier molecular flexibility index (Phi) is 4.22. The summed E-state index contributed by atoms with van der Waals surface area (Å²) in [5.74, 6) is 0.0792. The number of halogens is 1. The topological polar surface area (TPSA) is 49.3 Å². The third-order valence-corrected chi connectivity index (χ3v) is 4.07. The lowest BCUT2D eigenvalue weighted by atomic mass is 10.0. The van der Waals surface area contributed by atoms with Crippen molar-refractivity contribution >= 4 is 34.0 Å². The second-order valence-corrected chi connectivity index (χ2v) is 5.91. The van der Waals surface area contributed by atoms with E-state index in [1.54, 1.807) is 12.1 Å². The number of benzene rings is 3. The SMILES string of the molecule is Cc1ccc(Cl)cc1CC(=O)Nc1cccc2c(O)cccc12. The molecule has 0 fully saturated rings. The molecule has 0 saturated heterocycles. The van der Waals surface area contributed by atoms with Crippen molar-refractivity contribution in [2.75, 3.05) is 5.32 Å². The van der Waals surface area contributed by atoms with E-state index in [0.717, 1.165) is 16.5 Å². The van der Waals surface area contributed by atoms with Crippen molar-refractivity contribution in [2.24, 2.45) is 0 Å². The highest BCUT2D eigenvalue weighted by Gasteiger charge is 2.10. The molecule has 116 valence electrons. The highest BCUT2D eigenvalue weighted by atomic mass is 35.5. The van der Waals surface area contributed by atoms with Crippen molar-refractivity contribution in [3.63, 3.8) is 0 Å². The van der Waals surface area contributed by atoms with Gasteiger partial charge in [0.25, 0.3) is 0 Å². The minimum Gasteiger partial charge on any atom is -0.507 e. The quantitative estimate of drug-likeness (QED) is 0.734. The van der Waals surface area contributed by atoms with Gasteiger partial charge in [-0.15, -0.1) is 0 Å². The number of fused-ring (bicyclic) bond motifs is 1. The maximum Gasteiger partial charge on any atom is 0.228 e. The lowest BCUT2D eigenvalue weighted by Crippen LogP contribution is -2.15. The largest absolute Gasteiger partial charge is 0.507 e. The average Bonchev–Trinajstić information content (AvgIpc) is 2.52. The molecule has 3 aromatic carbocycles. The van der Waals surface area contributed by atoms with Crippen LogP contribution in [0.1, 0.15) is 11.1 Å². The summed E-state index contributed by atoms with van der Waals surface area (Å²) in [4.78, 5) is 12.4. The Morgan fingerprint density at radius 1 is 1.09 bits per heavy atom. The number of aromatic hydroxyl groups is 1. The van der Waals surface area contributed by atoms with Crippen LogP contribution >= 0.6 is 11.6 Å². The summed E-state index contributed by atoms with van der Waals surface area (Å²) in [6.07, 6.45) is 0.252. The number of carbonyl (C=O) groups excluding carboxylic acids is 1. The first-order valence-electron chi connectivity index (χ1n) is 7.30. The number of amides is 1. The molecule has 23 heavy (non-hydrogen) atoms. The Morgan fingerprint density at radius 2 is 1.83 bits per heavy atom. The molecule has 1 amide bonds. The van der Waals surface area contributed by atoms with Crippen molar-refractivity contribution in [1.29, 1.82) is 0 Å². The van der Waals surface area contributed by atoms with Crippen LogP contribution in [0.3, 0.4) is 0 Å². The number of rotatable bonds is 3. The van der Waals surface area contributed by atoms with E-state index in [4.69, 9.17) is 11.6 Å². The second-order valence-electron chi connectivity index (χ2n) is 5.47. The molecule has 0 saturated carbocycles. The van der Waals surface area contributed by atoms with Gasteiger partial charge in [-0.1, -0.05) is 41.9 Å². The minimum atomic E-state index is -0.119. The highest BCUT2D eigenvalue weighted by molar-refractivity contribution is 6.30. The first-order valence-corrected chi connectivity index (χ1v) is 7.68. The van der Waals surface area contributed by atoms with Gasteiger partial charge < -0.3 is 10.4 Å². The van der Waals surface area contributed by atoms with Gasteiger partial charge in [0.05, 0.1) is 6.42 Å². The van der Waals surface area contributed by atoms with E-state index in [1.807, 2.05) is 49.4 Å². The Balaban J connectivity index is 1.86. The first-order chi connectivity index (χ1) is 11.0. The molecule has 0 heterocycles. The van der Waals surface area contributed by atoms with Crippen LogP contribution in [0.15, 0.2) is 54.6 Å². The predicted octanol–water partition coefficient (Wildman–Crippen LogP) is 4.69. The molecule has 0 radical (unpaired) electrons. The molecule has 0 spiro atoms. The number of phenolic OH excluding ortho intramolecular Hbond substituents is 1. The summed E-state index contributed by atoms with van der Waals surface area (Å²) >= 11 is 6.00. The third kappa shape index (κ3) is 3.30. The van der Waals surface area contributed by atoms with E-state index in [0.29, 0.717) is 16.1 Å². The number of nitrogens with one attached hydrogen (secondary N) is 1. The smallest absolute Gasteiger partial charge is 0.228 e. The number of hydrogen-bond acceptors (Lipinski definition) is 2. The molecular formula is C19H16ClNO2. The maximum atomic E-state index is 12.4. The Hall–Kier alpha value is -2.52. The molecule has 0 aliphatic rings. The van der Waals surface area contributed by atoms with Crippen LogP contribution in [0.4, 0.5) is 5.69 Å². The van der Waals surface area contributed by atoms with Crippen LogP contribution in [0.2, 0.25) is 5.02 Å². The van der Waals surface area contributed by atoms with E-state index in [-0.39, 0.29) is 18.1 Å². The summed E-state index contributed by atoms with van der Waals surface area (Å²) in [5.41, 5.74) is 2.61. The van der Waals surface area contributed by atoms with E-state index in [2.05, 4.69) is 5.32 Å². The molecule has 0 unspecified atom stereocenters. The Bertz CT molecular complexity index is 890. The summed E-state index contributed by atoms with van der Waals surface area (Å²) < 4.78 is 0. The minimum absolute atomic E-state index is 0.119. The summed E-state index contributed by atoms with van der Waals surface area (Å²) in [7, 11) is 0. The molecule has 3 rings (SSSR count). The second kappa shape index (κ2) is 6.31. The lowest BCUT2D eigenvalue weighted by Gasteiger charge is -2.11. The van der Waals surface area contributed by atoms with Crippen LogP contribution in [0, 0.1) is 6.92 Å². The normalized spacial score (nSPS) is 10.7. The number of hydrogen-bond donors (Lipinski definition) is 2. The van der Waals surface area contributed by atoms with E-state index >= 15 is 0 Å². The van der Waals surface area contributed by atoms with Crippen molar-refractivity contribution < 1.29 is 9.90 Å². The van der Waals surface area contributed by atoms with Gasteiger partial charge in [0.1, 0.15) is 5.75 Å². The molecule has 2 N–H and O–H groups in total. The zero-order chi connectivity index (χ0) is 16.4. The van der Waals surface area contributed by atoms with E-state index < -0.39 is 0 Å². The maximum absolute atomic E-state index is 12.4. The van der Waals surface area contributed by atoms with Crippen LogP contribution in [-0.4, -0.2) is 11.0 Å². The number of carbonyl (C=O) groups is 1. The number of phenols is 1. The third-order valence-electron chi connectivity index (χ3n) is 3.84. The fourth-order valence-corrected chi connectivity index (χ4v) is 2.79. The van der Waals surface area contributed by atoms with Gasteiger partial charge in [-0.2, -0.15) is 0 Å². The van der Waals surface area contributed by atoms with Crippen molar-refractivity contribution in [3.05, 3.63) is 70.7 Å². The van der Waals surface area contributed by atoms with Gasteiger partial charge in [-0.25, -0.2) is 0 Å². The van der Waals surface area contributed by atoms with Gasteiger partial charge in [0.15, 0.2) is 0 Å². The van der Waals surface area contributed by atoms with Crippen molar-refractivity contribution in [3.8, 4) is 5.75 Å². The highest BCUT2D eigenvalue weighted by Crippen LogP contribution is 2.30. The van der Waals surface area contributed by atoms with Crippen molar-refractivity contribution in [1.82, 2.24) is 0 Å². The summed E-state index contributed by atoms with van der Waals surface area (Å²) in [5, 5.41) is 15.0. The van der Waals surface area contributed by atoms with Crippen LogP contribution in [0.5, 0.6) is 5.75 Å². The monoisotopic (exact) mass is 325 g/mol. The summed E-state index contributed by atoms with van der Waals surface area (Å²) in [6, 6.07) is 16.2. The van der Waals surface area contributed by atoms with E-state index in [1.165, 1.54) is 0 Å². The molecule has 4 heteroatoms. The average molecular weight is 326 g/mol. The number of aryl methyl sites for hydroxylation is 1. The first kappa shape index (κ1) is 15.4. The van der Waals surface area contributed by atoms with Gasteiger partial charge in [-0.3, -0.25) is 4.79 Å². The van der Waals surface area contributed by atoms with Crippen molar-refractivity contribution in [2.45, 2.75) is 13.3 Å². The van der Waals surface area contributed by atoms with Gasteiger partial charge in [0.2, 0.25) is 5.91 Å². The molecule has 0 aromatic heterocycles. The fraction of sp³-hybridized carbons (Fsp3) is 0.105.